The number of carbonyl (C=O) groups is 1. The van der Waals surface area contributed by atoms with Crippen LogP contribution in [0.3, 0.4) is 0 Å². The van der Waals surface area contributed by atoms with Gasteiger partial charge in [-0.05, 0) is 6.42 Å². The zero-order chi connectivity index (χ0) is 14.4. The molecule has 0 aromatic carbocycles. The second-order valence-corrected chi connectivity index (χ2v) is 4.29. The summed E-state index contributed by atoms with van der Waals surface area (Å²) in [6.45, 7) is 4.75. The molecule has 0 aliphatic heterocycles. The molecule has 0 radical (unpaired) electrons. The molecular weight excluding hydrogens is 276 g/mol. The summed E-state index contributed by atoms with van der Waals surface area (Å²) in [5.74, 6) is -5.61. The van der Waals surface area contributed by atoms with Gasteiger partial charge >= 0.3 is 18.0 Å². The predicted molar refractivity (Wildman–Crippen MR) is 59.7 cm³/mol. The van der Waals surface area contributed by atoms with Crippen LogP contribution in [0.4, 0.5) is 17.6 Å². The van der Waals surface area contributed by atoms with Gasteiger partial charge in [0.1, 0.15) is 5.03 Å². The summed E-state index contributed by atoms with van der Waals surface area (Å²) in [6.07, 6.45) is -4.36. The SMILES string of the molecule is C=C(Cl)C(=O)OC(F)(CCCCCC)C(F)(F)F. The fourth-order valence-corrected chi connectivity index (χ4v) is 1.27. The van der Waals surface area contributed by atoms with Crippen molar-refractivity contribution in [2.75, 3.05) is 0 Å². The first-order valence-electron chi connectivity index (χ1n) is 5.47. The first kappa shape index (κ1) is 17.2. The molecule has 0 aromatic rings. The van der Waals surface area contributed by atoms with Gasteiger partial charge in [0, 0.05) is 6.42 Å². The minimum Gasteiger partial charge on any atom is -0.415 e. The van der Waals surface area contributed by atoms with E-state index in [2.05, 4.69) is 11.3 Å². The van der Waals surface area contributed by atoms with Crippen LogP contribution in [0, 0.1) is 0 Å². The van der Waals surface area contributed by atoms with Gasteiger partial charge in [-0.1, -0.05) is 44.4 Å². The fourth-order valence-electron chi connectivity index (χ4n) is 1.23. The van der Waals surface area contributed by atoms with E-state index in [1.54, 1.807) is 0 Å². The van der Waals surface area contributed by atoms with E-state index in [0.29, 0.717) is 12.8 Å². The van der Waals surface area contributed by atoms with Crippen molar-refractivity contribution in [3.8, 4) is 0 Å². The average molecular weight is 291 g/mol. The van der Waals surface area contributed by atoms with Gasteiger partial charge in [0.05, 0.1) is 0 Å². The maximum atomic E-state index is 13.7. The van der Waals surface area contributed by atoms with Crippen molar-refractivity contribution in [1.29, 1.82) is 0 Å². The molecule has 0 bridgehead atoms. The molecule has 106 valence electrons. The van der Waals surface area contributed by atoms with E-state index in [0.717, 1.165) is 6.42 Å². The van der Waals surface area contributed by atoms with Crippen LogP contribution in [-0.4, -0.2) is 18.0 Å². The molecule has 0 fully saturated rings. The fraction of sp³-hybridized carbons (Fsp3) is 0.727. The van der Waals surface area contributed by atoms with Crippen LogP contribution < -0.4 is 0 Å². The highest BCUT2D eigenvalue weighted by Gasteiger charge is 2.59. The number of esters is 1. The van der Waals surface area contributed by atoms with Gasteiger partial charge < -0.3 is 4.74 Å². The van der Waals surface area contributed by atoms with E-state index in [4.69, 9.17) is 11.6 Å². The van der Waals surface area contributed by atoms with Gasteiger partial charge in [0.25, 0.3) is 0 Å². The van der Waals surface area contributed by atoms with Crippen molar-refractivity contribution >= 4 is 17.6 Å². The Bertz CT molecular complexity index is 304. The number of halogens is 5. The van der Waals surface area contributed by atoms with E-state index < -0.39 is 29.5 Å². The lowest BCUT2D eigenvalue weighted by Crippen LogP contribution is -2.45. The molecule has 2 nitrogen and oxygen atoms in total. The molecule has 0 saturated carbocycles. The van der Waals surface area contributed by atoms with Crippen LogP contribution in [0.15, 0.2) is 11.6 Å². The molecule has 0 N–H and O–H groups in total. The summed E-state index contributed by atoms with van der Waals surface area (Å²) < 4.78 is 55.0. The number of rotatable bonds is 7. The highest BCUT2D eigenvalue weighted by Crippen LogP contribution is 2.39. The van der Waals surface area contributed by atoms with Crippen LogP contribution in [0.25, 0.3) is 0 Å². The molecule has 1 unspecified atom stereocenters. The maximum absolute atomic E-state index is 13.7. The third-order valence-corrected chi connectivity index (χ3v) is 2.41. The van der Waals surface area contributed by atoms with E-state index >= 15 is 0 Å². The van der Waals surface area contributed by atoms with E-state index in [1.807, 2.05) is 6.92 Å². The van der Waals surface area contributed by atoms with Gasteiger partial charge in [0.15, 0.2) is 0 Å². The molecular formula is C11H15ClF4O2. The lowest BCUT2D eigenvalue weighted by Gasteiger charge is -2.27. The van der Waals surface area contributed by atoms with Crippen molar-refractivity contribution in [2.45, 2.75) is 51.1 Å². The topological polar surface area (TPSA) is 26.3 Å². The Morgan fingerprint density at radius 2 is 1.78 bits per heavy atom. The van der Waals surface area contributed by atoms with Gasteiger partial charge in [-0.3, -0.25) is 0 Å². The van der Waals surface area contributed by atoms with Crippen LogP contribution in [0.1, 0.15) is 39.0 Å². The maximum Gasteiger partial charge on any atom is 0.460 e. The molecule has 18 heavy (non-hydrogen) atoms. The van der Waals surface area contributed by atoms with E-state index in [-0.39, 0.29) is 6.42 Å². The molecule has 0 heterocycles. The van der Waals surface area contributed by atoms with Crippen molar-refractivity contribution < 1.29 is 27.1 Å². The molecule has 0 saturated heterocycles. The van der Waals surface area contributed by atoms with Crippen LogP contribution in [0.2, 0.25) is 0 Å². The Hall–Kier alpha value is -0.780. The summed E-state index contributed by atoms with van der Waals surface area (Å²) in [4.78, 5) is 10.9. The Labute approximate surface area is 108 Å². The van der Waals surface area contributed by atoms with Crippen molar-refractivity contribution in [2.24, 2.45) is 0 Å². The third kappa shape index (κ3) is 5.25. The number of unbranched alkanes of at least 4 members (excludes halogenated alkanes) is 3. The largest absolute Gasteiger partial charge is 0.460 e. The second-order valence-electron chi connectivity index (χ2n) is 3.83. The first-order chi connectivity index (χ1) is 8.14. The Morgan fingerprint density at radius 1 is 1.22 bits per heavy atom. The lowest BCUT2D eigenvalue weighted by atomic mass is 10.1. The highest BCUT2D eigenvalue weighted by atomic mass is 35.5. The van der Waals surface area contributed by atoms with Gasteiger partial charge in [-0.25, -0.2) is 4.79 Å². The summed E-state index contributed by atoms with van der Waals surface area (Å²) in [5, 5.41) is -0.796. The first-order valence-corrected chi connectivity index (χ1v) is 5.85. The number of ether oxygens (including phenoxy) is 1. The number of hydrogen-bond donors (Lipinski definition) is 0. The van der Waals surface area contributed by atoms with Crippen molar-refractivity contribution in [1.82, 2.24) is 0 Å². The van der Waals surface area contributed by atoms with Crippen molar-refractivity contribution in [3.05, 3.63) is 11.6 Å². The third-order valence-electron chi connectivity index (χ3n) is 2.25. The number of alkyl halides is 4. The zero-order valence-corrected chi connectivity index (χ0v) is 10.7. The van der Waals surface area contributed by atoms with E-state index in [1.165, 1.54) is 0 Å². The van der Waals surface area contributed by atoms with E-state index in [9.17, 15) is 22.4 Å². The highest BCUT2D eigenvalue weighted by molar-refractivity contribution is 6.40. The summed E-state index contributed by atoms with van der Waals surface area (Å²) in [6, 6.07) is 0. The summed E-state index contributed by atoms with van der Waals surface area (Å²) in [5.41, 5.74) is 0. The van der Waals surface area contributed by atoms with Gasteiger partial charge in [-0.15, -0.1) is 0 Å². The molecule has 0 amide bonds. The summed E-state index contributed by atoms with van der Waals surface area (Å²) in [7, 11) is 0. The molecule has 0 aliphatic rings. The van der Waals surface area contributed by atoms with Crippen LogP contribution >= 0.6 is 11.6 Å². The molecule has 0 aromatic heterocycles. The molecule has 0 aliphatic carbocycles. The minimum absolute atomic E-state index is 0.0358. The summed E-state index contributed by atoms with van der Waals surface area (Å²) >= 11 is 5.07. The zero-order valence-electron chi connectivity index (χ0n) is 9.95. The normalized spacial score (nSPS) is 15.0. The Balaban J connectivity index is 4.64. The monoisotopic (exact) mass is 290 g/mol. The number of carbonyl (C=O) groups excluding carboxylic acids is 1. The Kier molecular flexibility index (Phi) is 6.67. The Morgan fingerprint density at radius 3 is 2.17 bits per heavy atom. The lowest BCUT2D eigenvalue weighted by molar-refractivity contribution is -0.321. The quantitative estimate of drug-likeness (QED) is 0.299. The van der Waals surface area contributed by atoms with Crippen molar-refractivity contribution in [3.63, 3.8) is 0 Å². The van der Waals surface area contributed by atoms with Gasteiger partial charge in [0.2, 0.25) is 0 Å². The standard InChI is InChI=1S/C11H15ClF4O2/c1-3-4-5-6-7-10(13,11(14,15)16)18-9(17)8(2)12/h2-7H2,1H3. The smallest absolute Gasteiger partial charge is 0.415 e. The second kappa shape index (κ2) is 6.97. The molecule has 1 atom stereocenters. The average Bonchev–Trinajstić information content (AvgIpc) is 2.22. The van der Waals surface area contributed by atoms with Gasteiger partial charge in [-0.2, -0.15) is 17.6 Å². The molecule has 7 heteroatoms. The molecule has 0 rings (SSSR count). The number of hydrogen-bond acceptors (Lipinski definition) is 2. The van der Waals surface area contributed by atoms with Crippen LogP contribution in [-0.2, 0) is 9.53 Å². The van der Waals surface area contributed by atoms with Crippen LogP contribution in [0.5, 0.6) is 0 Å². The minimum atomic E-state index is -5.29. The predicted octanol–water partition coefficient (Wildman–Crippen LogP) is 4.48. The molecule has 0 spiro atoms.